The lowest BCUT2D eigenvalue weighted by Crippen LogP contribution is -2.53. The molecule has 0 radical (unpaired) electrons. The highest BCUT2D eigenvalue weighted by Crippen LogP contribution is 2.16. The minimum atomic E-state index is -0.0618. The van der Waals surface area contributed by atoms with Crippen molar-refractivity contribution in [2.45, 2.75) is 13.8 Å². The third kappa shape index (κ3) is 3.45. The van der Waals surface area contributed by atoms with Gasteiger partial charge in [-0.15, -0.1) is 0 Å². The van der Waals surface area contributed by atoms with Gasteiger partial charge in [-0.1, -0.05) is 0 Å². The van der Waals surface area contributed by atoms with Crippen LogP contribution >= 0.6 is 0 Å². The molecule has 1 aliphatic heterocycles. The highest BCUT2D eigenvalue weighted by Gasteiger charge is 2.25. The third-order valence-electron chi connectivity index (χ3n) is 3.66. The molecule has 0 unspecified atom stereocenters. The van der Waals surface area contributed by atoms with E-state index in [4.69, 9.17) is 5.73 Å². The third-order valence-corrected chi connectivity index (χ3v) is 3.66. The Morgan fingerprint density at radius 2 is 1.81 bits per heavy atom. The van der Waals surface area contributed by atoms with Gasteiger partial charge in [0.25, 0.3) is 5.91 Å². The summed E-state index contributed by atoms with van der Waals surface area (Å²) in [6, 6.07) is 5.25. The number of nitrogens with zero attached hydrogens (tertiary/aromatic N) is 2. The minimum absolute atomic E-state index is 0.00282. The molecule has 0 saturated carbocycles. The average Bonchev–Trinajstić information content (AvgIpc) is 2.47. The van der Waals surface area contributed by atoms with Crippen molar-refractivity contribution in [2.75, 3.05) is 38.5 Å². The lowest BCUT2D eigenvalue weighted by Gasteiger charge is -2.35. The second-order valence-electron chi connectivity index (χ2n) is 5.19. The molecular weight excluding hydrogens is 268 g/mol. The first kappa shape index (κ1) is 15.2. The number of carbonyl (C=O) groups is 2. The van der Waals surface area contributed by atoms with Crippen molar-refractivity contribution in [1.29, 1.82) is 0 Å². The largest absolute Gasteiger partial charge is 0.399 e. The van der Waals surface area contributed by atoms with E-state index in [1.165, 1.54) is 0 Å². The van der Waals surface area contributed by atoms with Crippen LogP contribution in [-0.2, 0) is 0 Å². The van der Waals surface area contributed by atoms with E-state index in [0.717, 1.165) is 5.56 Å². The first-order valence-corrected chi connectivity index (χ1v) is 7.21. The number of carbonyl (C=O) groups excluding carboxylic acids is 2. The fourth-order valence-electron chi connectivity index (χ4n) is 2.47. The molecule has 1 saturated heterocycles. The van der Waals surface area contributed by atoms with Crippen molar-refractivity contribution in [1.82, 2.24) is 15.1 Å². The number of rotatable bonds is 2. The highest BCUT2D eigenvalue weighted by molar-refractivity contribution is 5.96. The Morgan fingerprint density at radius 3 is 2.38 bits per heavy atom. The number of hydrogen-bond donors (Lipinski definition) is 2. The maximum Gasteiger partial charge on any atom is 0.317 e. The van der Waals surface area contributed by atoms with Crippen LogP contribution in [0.15, 0.2) is 18.2 Å². The van der Waals surface area contributed by atoms with Crippen molar-refractivity contribution < 1.29 is 9.59 Å². The topological polar surface area (TPSA) is 78.7 Å². The van der Waals surface area contributed by atoms with Crippen molar-refractivity contribution in [3.63, 3.8) is 0 Å². The second-order valence-corrected chi connectivity index (χ2v) is 5.19. The normalized spacial score (nSPS) is 15.0. The minimum Gasteiger partial charge on any atom is -0.399 e. The summed E-state index contributed by atoms with van der Waals surface area (Å²) in [7, 11) is 0. The number of piperazine rings is 1. The van der Waals surface area contributed by atoms with E-state index < -0.39 is 0 Å². The molecule has 0 aliphatic carbocycles. The Kier molecular flexibility index (Phi) is 4.67. The molecule has 6 nitrogen and oxygen atoms in total. The number of benzene rings is 1. The first-order valence-electron chi connectivity index (χ1n) is 7.21. The lowest BCUT2D eigenvalue weighted by molar-refractivity contribution is 0.0664. The Hall–Kier alpha value is -2.24. The van der Waals surface area contributed by atoms with Crippen LogP contribution in [-0.4, -0.2) is 54.5 Å². The molecular formula is C15H22N4O2. The summed E-state index contributed by atoms with van der Waals surface area (Å²) in [4.78, 5) is 27.8. The van der Waals surface area contributed by atoms with E-state index in [0.29, 0.717) is 44.0 Å². The summed E-state index contributed by atoms with van der Waals surface area (Å²) < 4.78 is 0. The van der Waals surface area contributed by atoms with Crippen LogP contribution in [0.3, 0.4) is 0 Å². The Labute approximate surface area is 124 Å². The molecule has 1 fully saturated rings. The van der Waals surface area contributed by atoms with Gasteiger partial charge in [0.05, 0.1) is 0 Å². The number of nitrogens with one attached hydrogen (secondary N) is 1. The van der Waals surface area contributed by atoms with Gasteiger partial charge in [-0.25, -0.2) is 4.79 Å². The van der Waals surface area contributed by atoms with Crippen LogP contribution in [0.5, 0.6) is 0 Å². The number of hydrogen-bond acceptors (Lipinski definition) is 3. The molecule has 0 atom stereocenters. The standard InChI is InChI=1S/C15H22N4O2/c1-3-17-15(21)19-8-6-18(7-9-19)14(20)13-5-4-12(16)10-11(13)2/h4-5,10H,3,6-9,16H2,1-2H3,(H,17,21). The van der Waals surface area contributed by atoms with Crippen LogP contribution in [0.2, 0.25) is 0 Å². The molecule has 6 heteroatoms. The summed E-state index contributed by atoms with van der Waals surface area (Å²) >= 11 is 0. The number of urea groups is 1. The van der Waals surface area contributed by atoms with Gasteiger partial charge in [0.2, 0.25) is 0 Å². The first-order chi connectivity index (χ1) is 10.0. The number of nitrogen functional groups attached to an aromatic ring is 1. The van der Waals surface area contributed by atoms with Gasteiger partial charge >= 0.3 is 6.03 Å². The maximum atomic E-state index is 12.5. The number of anilines is 1. The van der Waals surface area contributed by atoms with Gasteiger partial charge in [-0.05, 0) is 37.6 Å². The lowest BCUT2D eigenvalue weighted by atomic mass is 10.1. The van der Waals surface area contributed by atoms with E-state index in [2.05, 4.69) is 5.32 Å². The van der Waals surface area contributed by atoms with Gasteiger partial charge in [0.15, 0.2) is 0 Å². The quantitative estimate of drug-likeness (QED) is 0.800. The molecule has 0 aromatic heterocycles. The predicted octanol–water partition coefficient (Wildman–Crippen LogP) is 1.06. The van der Waals surface area contributed by atoms with E-state index in [1.807, 2.05) is 13.8 Å². The molecule has 1 heterocycles. The average molecular weight is 290 g/mol. The molecule has 21 heavy (non-hydrogen) atoms. The summed E-state index contributed by atoms with van der Waals surface area (Å²) in [5.41, 5.74) is 7.92. The molecule has 2 rings (SSSR count). The molecule has 114 valence electrons. The summed E-state index contributed by atoms with van der Waals surface area (Å²) in [6.07, 6.45) is 0. The zero-order valence-corrected chi connectivity index (χ0v) is 12.6. The fourth-order valence-corrected chi connectivity index (χ4v) is 2.47. The van der Waals surface area contributed by atoms with Crippen LogP contribution in [0, 0.1) is 6.92 Å². The monoisotopic (exact) mass is 290 g/mol. The van der Waals surface area contributed by atoms with Gasteiger partial charge in [0, 0.05) is 44.0 Å². The zero-order valence-electron chi connectivity index (χ0n) is 12.6. The second kappa shape index (κ2) is 6.47. The molecule has 0 spiro atoms. The van der Waals surface area contributed by atoms with Crippen molar-refractivity contribution >= 4 is 17.6 Å². The van der Waals surface area contributed by atoms with E-state index in [1.54, 1.807) is 28.0 Å². The Morgan fingerprint density at radius 1 is 1.19 bits per heavy atom. The van der Waals surface area contributed by atoms with Gasteiger partial charge in [0.1, 0.15) is 0 Å². The van der Waals surface area contributed by atoms with Crippen LogP contribution in [0.25, 0.3) is 0 Å². The predicted molar refractivity (Wildman–Crippen MR) is 82.1 cm³/mol. The van der Waals surface area contributed by atoms with Crippen molar-refractivity contribution in [3.8, 4) is 0 Å². The Balaban J connectivity index is 1.98. The maximum absolute atomic E-state index is 12.5. The highest BCUT2D eigenvalue weighted by atomic mass is 16.2. The van der Waals surface area contributed by atoms with E-state index in [9.17, 15) is 9.59 Å². The van der Waals surface area contributed by atoms with Gasteiger partial charge < -0.3 is 20.9 Å². The SMILES string of the molecule is CCNC(=O)N1CCN(C(=O)c2ccc(N)cc2C)CC1. The molecule has 1 aliphatic rings. The van der Waals surface area contributed by atoms with Crippen LogP contribution < -0.4 is 11.1 Å². The summed E-state index contributed by atoms with van der Waals surface area (Å²) in [6.45, 7) is 6.62. The molecule has 0 bridgehead atoms. The molecule has 3 N–H and O–H groups in total. The summed E-state index contributed by atoms with van der Waals surface area (Å²) in [5.74, 6) is 0.00282. The number of aryl methyl sites for hydroxylation is 1. The van der Waals surface area contributed by atoms with Crippen LogP contribution in [0.4, 0.5) is 10.5 Å². The van der Waals surface area contributed by atoms with Crippen molar-refractivity contribution in [2.24, 2.45) is 0 Å². The number of nitrogens with two attached hydrogens (primary N) is 1. The van der Waals surface area contributed by atoms with Crippen LogP contribution in [0.1, 0.15) is 22.8 Å². The summed E-state index contributed by atoms with van der Waals surface area (Å²) in [5, 5.41) is 2.78. The molecule has 1 aromatic rings. The van der Waals surface area contributed by atoms with E-state index in [-0.39, 0.29) is 11.9 Å². The smallest absolute Gasteiger partial charge is 0.317 e. The number of amides is 3. The Bertz CT molecular complexity index is 536. The van der Waals surface area contributed by atoms with Crippen molar-refractivity contribution in [3.05, 3.63) is 29.3 Å². The molecule has 3 amide bonds. The fraction of sp³-hybridized carbons (Fsp3) is 0.467. The van der Waals surface area contributed by atoms with E-state index >= 15 is 0 Å². The zero-order chi connectivity index (χ0) is 15.4. The molecule has 1 aromatic carbocycles. The van der Waals surface area contributed by atoms with Gasteiger partial charge in [-0.3, -0.25) is 4.79 Å². The van der Waals surface area contributed by atoms with Gasteiger partial charge in [-0.2, -0.15) is 0 Å².